The number of nitrogens with zero attached hydrogens (tertiary/aromatic N) is 2. The average molecular weight is 291 g/mol. The number of piperazine rings is 1. The van der Waals surface area contributed by atoms with Crippen LogP contribution in [-0.2, 0) is 16.1 Å². The third kappa shape index (κ3) is 3.31. The topological polar surface area (TPSA) is 40.6 Å². The van der Waals surface area contributed by atoms with E-state index in [1.54, 1.807) is 24.0 Å². The first-order valence-electron chi connectivity index (χ1n) is 6.34. The molecule has 2 rings (SSSR count). The van der Waals surface area contributed by atoms with Crippen LogP contribution in [0.25, 0.3) is 0 Å². The number of carbonyl (C=O) groups excluding carboxylic acids is 2. The molecular weight excluding hydrogens is 276 g/mol. The van der Waals surface area contributed by atoms with Crippen molar-refractivity contribution in [1.29, 1.82) is 0 Å². The molecule has 0 aliphatic carbocycles. The largest absolute Gasteiger partial charge is 0.328 e. The van der Waals surface area contributed by atoms with Crippen LogP contribution in [0.4, 0.5) is 0 Å². The van der Waals surface area contributed by atoms with E-state index in [1.165, 1.54) is 4.90 Å². The predicted octanol–water partition coefficient (Wildman–Crippen LogP) is 1.53. The summed E-state index contributed by atoms with van der Waals surface area (Å²) in [6.45, 7) is 3.50. The average Bonchev–Trinajstić information content (AvgIpc) is 2.45. The standard InChI is InChI=1S/C15H15ClN2O2/c1-2-3-8-17-9-10-18(15(20)14(17)19)11-12-4-6-13(16)7-5-12/h4-7H,8-11H2,1H3. The van der Waals surface area contributed by atoms with E-state index >= 15 is 0 Å². The first-order valence-corrected chi connectivity index (χ1v) is 6.72. The van der Waals surface area contributed by atoms with Crippen LogP contribution in [-0.4, -0.2) is 41.2 Å². The Morgan fingerprint density at radius 3 is 2.35 bits per heavy atom. The van der Waals surface area contributed by atoms with E-state index in [0.29, 0.717) is 31.2 Å². The Morgan fingerprint density at radius 1 is 1.10 bits per heavy atom. The van der Waals surface area contributed by atoms with Crippen molar-refractivity contribution in [3.05, 3.63) is 34.9 Å². The van der Waals surface area contributed by atoms with E-state index in [2.05, 4.69) is 11.8 Å². The van der Waals surface area contributed by atoms with E-state index in [-0.39, 0.29) is 0 Å². The molecule has 2 amide bonds. The monoisotopic (exact) mass is 290 g/mol. The first kappa shape index (κ1) is 14.4. The summed E-state index contributed by atoms with van der Waals surface area (Å²) in [4.78, 5) is 27.0. The second-order valence-electron chi connectivity index (χ2n) is 4.51. The van der Waals surface area contributed by atoms with Crippen LogP contribution >= 0.6 is 11.6 Å². The molecule has 5 heteroatoms. The van der Waals surface area contributed by atoms with E-state index < -0.39 is 11.8 Å². The Bertz CT molecular complexity index is 572. The number of halogens is 1. The molecule has 1 heterocycles. The molecule has 0 saturated carbocycles. The van der Waals surface area contributed by atoms with Gasteiger partial charge in [-0.05, 0) is 24.6 Å². The van der Waals surface area contributed by atoms with E-state index in [1.807, 2.05) is 12.1 Å². The highest BCUT2D eigenvalue weighted by Gasteiger charge is 2.31. The SMILES string of the molecule is CC#CCN1CCN(Cc2ccc(Cl)cc2)C(=O)C1=O. The molecule has 0 radical (unpaired) electrons. The van der Waals surface area contributed by atoms with Gasteiger partial charge < -0.3 is 9.80 Å². The van der Waals surface area contributed by atoms with Crippen molar-refractivity contribution >= 4 is 23.4 Å². The van der Waals surface area contributed by atoms with Crippen molar-refractivity contribution in [1.82, 2.24) is 9.80 Å². The highest BCUT2D eigenvalue weighted by molar-refractivity contribution is 6.35. The summed E-state index contributed by atoms with van der Waals surface area (Å²) in [5, 5.41) is 0.652. The summed E-state index contributed by atoms with van der Waals surface area (Å²) < 4.78 is 0. The van der Waals surface area contributed by atoms with Gasteiger partial charge in [0.25, 0.3) is 0 Å². The van der Waals surface area contributed by atoms with Crippen LogP contribution in [0.2, 0.25) is 5.02 Å². The lowest BCUT2D eigenvalue weighted by atomic mass is 10.2. The fourth-order valence-corrected chi connectivity index (χ4v) is 2.13. The summed E-state index contributed by atoms with van der Waals surface area (Å²) >= 11 is 5.82. The van der Waals surface area contributed by atoms with Gasteiger partial charge in [-0.3, -0.25) is 9.59 Å². The molecule has 104 valence electrons. The summed E-state index contributed by atoms with van der Waals surface area (Å²) in [6.07, 6.45) is 0. The molecule has 1 aliphatic heterocycles. The summed E-state index contributed by atoms with van der Waals surface area (Å²) in [7, 11) is 0. The zero-order chi connectivity index (χ0) is 14.5. The Balaban J connectivity index is 2.01. The minimum absolute atomic E-state index is 0.315. The van der Waals surface area contributed by atoms with Crippen LogP contribution in [0.15, 0.2) is 24.3 Å². The van der Waals surface area contributed by atoms with E-state index in [4.69, 9.17) is 11.6 Å². The maximum Gasteiger partial charge on any atom is 0.312 e. The Hall–Kier alpha value is -1.99. The molecule has 0 spiro atoms. The van der Waals surface area contributed by atoms with Gasteiger partial charge in [0.2, 0.25) is 0 Å². The smallest absolute Gasteiger partial charge is 0.312 e. The fourth-order valence-electron chi connectivity index (χ4n) is 2.00. The van der Waals surface area contributed by atoms with Gasteiger partial charge in [0, 0.05) is 24.7 Å². The van der Waals surface area contributed by atoms with Crippen LogP contribution in [0, 0.1) is 11.8 Å². The molecule has 1 aromatic rings. The third-order valence-electron chi connectivity index (χ3n) is 3.13. The van der Waals surface area contributed by atoms with Crippen molar-refractivity contribution < 1.29 is 9.59 Å². The van der Waals surface area contributed by atoms with Gasteiger partial charge in [0.05, 0.1) is 6.54 Å². The third-order valence-corrected chi connectivity index (χ3v) is 3.38. The molecule has 4 nitrogen and oxygen atoms in total. The van der Waals surface area contributed by atoms with E-state index in [0.717, 1.165) is 5.56 Å². The van der Waals surface area contributed by atoms with Crippen molar-refractivity contribution in [3.8, 4) is 11.8 Å². The molecule has 0 aromatic heterocycles. The van der Waals surface area contributed by atoms with Crippen molar-refractivity contribution in [3.63, 3.8) is 0 Å². The normalized spacial score (nSPS) is 15.1. The Morgan fingerprint density at radius 2 is 1.70 bits per heavy atom. The highest BCUT2D eigenvalue weighted by Crippen LogP contribution is 2.13. The molecule has 1 fully saturated rings. The molecule has 0 unspecified atom stereocenters. The van der Waals surface area contributed by atoms with Crippen LogP contribution in [0.3, 0.4) is 0 Å². The molecule has 1 aromatic carbocycles. The number of hydrogen-bond acceptors (Lipinski definition) is 2. The van der Waals surface area contributed by atoms with Crippen LogP contribution < -0.4 is 0 Å². The zero-order valence-corrected chi connectivity index (χ0v) is 12.0. The fraction of sp³-hybridized carbons (Fsp3) is 0.333. The van der Waals surface area contributed by atoms with Gasteiger partial charge in [0.1, 0.15) is 0 Å². The number of carbonyl (C=O) groups is 2. The van der Waals surface area contributed by atoms with Gasteiger partial charge in [-0.25, -0.2) is 0 Å². The number of amides is 2. The van der Waals surface area contributed by atoms with Crippen molar-refractivity contribution in [2.24, 2.45) is 0 Å². The quantitative estimate of drug-likeness (QED) is 0.626. The summed E-state index contributed by atoms with van der Waals surface area (Å²) in [6, 6.07) is 7.26. The van der Waals surface area contributed by atoms with Crippen LogP contribution in [0.5, 0.6) is 0 Å². The minimum atomic E-state index is -0.479. The number of rotatable bonds is 3. The zero-order valence-electron chi connectivity index (χ0n) is 11.2. The molecule has 0 bridgehead atoms. The lowest BCUT2D eigenvalue weighted by molar-refractivity contribution is -0.155. The van der Waals surface area contributed by atoms with Gasteiger partial charge >= 0.3 is 11.8 Å². The lowest BCUT2D eigenvalue weighted by Crippen LogP contribution is -2.53. The Labute approximate surface area is 123 Å². The van der Waals surface area contributed by atoms with Crippen LogP contribution in [0.1, 0.15) is 12.5 Å². The summed E-state index contributed by atoms with van der Waals surface area (Å²) in [5.41, 5.74) is 0.956. The van der Waals surface area contributed by atoms with Crippen molar-refractivity contribution in [2.75, 3.05) is 19.6 Å². The van der Waals surface area contributed by atoms with Gasteiger partial charge in [0.15, 0.2) is 0 Å². The van der Waals surface area contributed by atoms with Gasteiger partial charge in [-0.15, -0.1) is 5.92 Å². The first-order chi connectivity index (χ1) is 9.61. The lowest BCUT2D eigenvalue weighted by Gasteiger charge is -2.32. The second kappa shape index (κ2) is 6.44. The van der Waals surface area contributed by atoms with Gasteiger partial charge in [-0.1, -0.05) is 29.7 Å². The molecule has 0 N–H and O–H groups in total. The highest BCUT2D eigenvalue weighted by atomic mass is 35.5. The molecule has 1 aliphatic rings. The number of benzene rings is 1. The molecule has 20 heavy (non-hydrogen) atoms. The molecule has 1 saturated heterocycles. The maximum atomic E-state index is 12.0. The maximum absolute atomic E-state index is 12.0. The number of hydrogen-bond donors (Lipinski definition) is 0. The van der Waals surface area contributed by atoms with E-state index in [9.17, 15) is 9.59 Å². The molecular formula is C15H15ClN2O2. The molecule has 0 atom stereocenters. The summed E-state index contributed by atoms with van der Waals surface area (Å²) in [5.74, 6) is 4.59. The predicted molar refractivity (Wildman–Crippen MR) is 76.9 cm³/mol. The second-order valence-corrected chi connectivity index (χ2v) is 4.94. The minimum Gasteiger partial charge on any atom is -0.328 e. The Kier molecular flexibility index (Phi) is 4.65. The van der Waals surface area contributed by atoms with Gasteiger partial charge in [-0.2, -0.15) is 0 Å². The van der Waals surface area contributed by atoms with Crippen molar-refractivity contribution in [2.45, 2.75) is 13.5 Å².